The molecular formula is C12H20N2O3S. The van der Waals surface area contributed by atoms with Gasteiger partial charge in [0.1, 0.15) is 0 Å². The highest BCUT2D eigenvalue weighted by Crippen LogP contribution is 2.33. The fourth-order valence-corrected chi connectivity index (χ4v) is 4.37. The van der Waals surface area contributed by atoms with Crippen molar-refractivity contribution in [2.24, 2.45) is 0 Å². The second kappa shape index (κ2) is 5.01. The molecule has 6 heteroatoms. The Balaban J connectivity index is 2.22. The first kappa shape index (κ1) is 13.5. The summed E-state index contributed by atoms with van der Waals surface area (Å²) in [4.78, 5) is 13.6. The third-order valence-corrected chi connectivity index (χ3v) is 5.78. The molecule has 2 atom stereocenters. The van der Waals surface area contributed by atoms with E-state index < -0.39 is 10.0 Å². The van der Waals surface area contributed by atoms with Crippen LogP contribution in [0, 0.1) is 0 Å². The molecule has 2 aliphatic rings. The molecule has 2 aliphatic heterocycles. The van der Waals surface area contributed by atoms with Gasteiger partial charge in [-0.05, 0) is 19.8 Å². The van der Waals surface area contributed by atoms with Gasteiger partial charge in [0.05, 0.1) is 5.75 Å². The molecule has 2 rings (SSSR count). The molecule has 0 spiro atoms. The van der Waals surface area contributed by atoms with Gasteiger partial charge in [-0.15, -0.1) is 6.58 Å². The van der Waals surface area contributed by atoms with Gasteiger partial charge in [0.25, 0.3) is 0 Å². The molecule has 5 nitrogen and oxygen atoms in total. The van der Waals surface area contributed by atoms with Crippen molar-refractivity contribution in [2.75, 3.05) is 18.8 Å². The second-order valence-corrected chi connectivity index (χ2v) is 7.02. The summed E-state index contributed by atoms with van der Waals surface area (Å²) >= 11 is 0. The Morgan fingerprint density at radius 1 is 1.39 bits per heavy atom. The molecule has 0 aromatic rings. The summed E-state index contributed by atoms with van der Waals surface area (Å²) in [7, 11) is -3.15. The second-order valence-electron chi connectivity index (χ2n) is 4.81. The number of fused-ring (bicyclic) bond motifs is 1. The van der Waals surface area contributed by atoms with Gasteiger partial charge in [-0.1, -0.05) is 6.08 Å². The molecule has 0 N–H and O–H groups in total. The Labute approximate surface area is 108 Å². The van der Waals surface area contributed by atoms with Crippen LogP contribution in [0.1, 0.15) is 26.2 Å². The van der Waals surface area contributed by atoms with Crippen molar-refractivity contribution in [2.45, 2.75) is 38.3 Å². The molecule has 1 amide bonds. The monoisotopic (exact) mass is 272 g/mol. The number of amides is 1. The van der Waals surface area contributed by atoms with Crippen molar-refractivity contribution in [1.82, 2.24) is 9.21 Å². The van der Waals surface area contributed by atoms with E-state index in [1.165, 1.54) is 0 Å². The zero-order chi connectivity index (χ0) is 13.3. The van der Waals surface area contributed by atoms with E-state index in [0.717, 1.165) is 6.42 Å². The highest BCUT2D eigenvalue weighted by atomic mass is 32.2. The molecule has 0 aromatic carbocycles. The summed E-state index contributed by atoms with van der Waals surface area (Å²) < 4.78 is 25.6. The maximum absolute atomic E-state index is 12.0. The predicted molar refractivity (Wildman–Crippen MR) is 69.5 cm³/mol. The summed E-state index contributed by atoms with van der Waals surface area (Å²) in [5.41, 5.74) is 0. The molecular weight excluding hydrogens is 252 g/mol. The lowest BCUT2D eigenvalue weighted by atomic mass is 9.97. The zero-order valence-electron chi connectivity index (χ0n) is 10.7. The van der Waals surface area contributed by atoms with Crippen molar-refractivity contribution in [3.05, 3.63) is 12.7 Å². The molecule has 0 saturated carbocycles. The maximum atomic E-state index is 12.0. The predicted octanol–water partition coefficient (Wildman–Crippen LogP) is 0.587. The van der Waals surface area contributed by atoms with Gasteiger partial charge < -0.3 is 4.90 Å². The molecule has 18 heavy (non-hydrogen) atoms. The minimum Gasteiger partial charge on any atom is -0.334 e. The van der Waals surface area contributed by atoms with Crippen LogP contribution in [-0.2, 0) is 14.8 Å². The number of nitrogens with zero attached hydrogens (tertiary/aromatic N) is 2. The number of hydrogen-bond donors (Lipinski definition) is 0. The standard InChI is InChI=1S/C12H20N2O3S/c1-3-8-13-10-7-9-14(18(16,17)4-2)11(10)5-6-12(13)15/h3,10-11H,1,4-9H2,2H3/t10-,11-/m1/s1. The van der Waals surface area contributed by atoms with Gasteiger partial charge in [0.15, 0.2) is 0 Å². The van der Waals surface area contributed by atoms with E-state index in [9.17, 15) is 13.2 Å². The number of carbonyl (C=O) groups excluding carboxylic acids is 1. The lowest BCUT2D eigenvalue weighted by Gasteiger charge is -2.38. The van der Waals surface area contributed by atoms with E-state index in [1.54, 1.807) is 22.2 Å². The van der Waals surface area contributed by atoms with Crippen molar-refractivity contribution in [1.29, 1.82) is 0 Å². The Kier molecular flexibility index (Phi) is 3.77. The van der Waals surface area contributed by atoms with E-state index in [1.807, 2.05) is 0 Å². The molecule has 0 radical (unpaired) electrons. The van der Waals surface area contributed by atoms with Crippen LogP contribution >= 0.6 is 0 Å². The molecule has 0 aliphatic carbocycles. The van der Waals surface area contributed by atoms with Crippen LogP contribution in [-0.4, -0.2) is 54.5 Å². The lowest BCUT2D eigenvalue weighted by Crippen LogP contribution is -2.53. The zero-order valence-corrected chi connectivity index (χ0v) is 11.5. The topological polar surface area (TPSA) is 57.7 Å². The van der Waals surface area contributed by atoms with Crippen molar-refractivity contribution < 1.29 is 13.2 Å². The minimum absolute atomic E-state index is 0.0329. The Bertz CT molecular complexity index is 446. The highest BCUT2D eigenvalue weighted by Gasteiger charge is 2.46. The van der Waals surface area contributed by atoms with E-state index in [2.05, 4.69) is 6.58 Å². The van der Waals surface area contributed by atoms with Crippen LogP contribution in [0.25, 0.3) is 0 Å². The van der Waals surface area contributed by atoms with Gasteiger partial charge in [0.2, 0.25) is 15.9 Å². The quantitative estimate of drug-likeness (QED) is 0.704. The van der Waals surface area contributed by atoms with Crippen molar-refractivity contribution >= 4 is 15.9 Å². The summed E-state index contributed by atoms with van der Waals surface area (Å²) in [6, 6.07) is -0.00169. The fraction of sp³-hybridized carbons (Fsp3) is 0.750. The number of hydrogen-bond acceptors (Lipinski definition) is 3. The van der Waals surface area contributed by atoms with Gasteiger partial charge in [-0.2, -0.15) is 4.31 Å². The lowest BCUT2D eigenvalue weighted by molar-refractivity contribution is -0.136. The molecule has 0 aromatic heterocycles. The largest absolute Gasteiger partial charge is 0.334 e. The van der Waals surface area contributed by atoms with E-state index >= 15 is 0 Å². The number of likely N-dealkylation sites (tertiary alicyclic amines) is 1. The van der Waals surface area contributed by atoms with Crippen LogP contribution in [0.15, 0.2) is 12.7 Å². The third kappa shape index (κ3) is 2.19. The average molecular weight is 272 g/mol. The van der Waals surface area contributed by atoms with Crippen LogP contribution in [0.4, 0.5) is 0 Å². The smallest absolute Gasteiger partial charge is 0.223 e. The summed E-state index contributed by atoms with van der Waals surface area (Å²) in [5.74, 6) is 0.248. The Morgan fingerprint density at radius 2 is 2.11 bits per heavy atom. The maximum Gasteiger partial charge on any atom is 0.223 e. The van der Waals surface area contributed by atoms with Gasteiger partial charge in [0, 0.05) is 31.6 Å². The SMILES string of the molecule is C=CCN1C(=O)CC[C@@H]2[C@H]1CCN2S(=O)(=O)CC. The van der Waals surface area contributed by atoms with E-state index in [4.69, 9.17) is 0 Å². The molecule has 0 bridgehead atoms. The first-order chi connectivity index (χ1) is 8.51. The van der Waals surface area contributed by atoms with Crippen LogP contribution in [0.3, 0.4) is 0 Å². The first-order valence-electron chi connectivity index (χ1n) is 6.41. The van der Waals surface area contributed by atoms with Crippen LogP contribution < -0.4 is 0 Å². The summed E-state index contributed by atoms with van der Waals surface area (Å²) in [5, 5.41) is 0. The van der Waals surface area contributed by atoms with Crippen LogP contribution in [0.2, 0.25) is 0 Å². The normalized spacial score (nSPS) is 29.4. The van der Waals surface area contributed by atoms with Gasteiger partial charge in [-0.3, -0.25) is 4.79 Å². The first-order valence-corrected chi connectivity index (χ1v) is 8.02. The van der Waals surface area contributed by atoms with Crippen molar-refractivity contribution in [3.63, 3.8) is 0 Å². The molecule has 102 valence electrons. The Hall–Kier alpha value is -0.880. The molecule has 2 fully saturated rings. The number of rotatable bonds is 4. The third-order valence-electron chi connectivity index (χ3n) is 3.88. The van der Waals surface area contributed by atoms with Crippen molar-refractivity contribution in [3.8, 4) is 0 Å². The summed E-state index contributed by atoms with van der Waals surface area (Å²) in [6.07, 6.45) is 3.53. The number of carbonyl (C=O) groups is 1. The highest BCUT2D eigenvalue weighted by molar-refractivity contribution is 7.89. The fourth-order valence-electron chi connectivity index (χ4n) is 3.00. The molecule has 2 saturated heterocycles. The Morgan fingerprint density at radius 3 is 2.72 bits per heavy atom. The average Bonchev–Trinajstić information content (AvgIpc) is 2.77. The van der Waals surface area contributed by atoms with Gasteiger partial charge >= 0.3 is 0 Å². The van der Waals surface area contributed by atoms with Gasteiger partial charge in [-0.25, -0.2) is 8.42 Å². The number of sulfonamides is 1. The van der Waals surface area contributed by atoms with E-state index in [0.29, 0.717) is 25.9 Å². The molecule has 0 unspecified atom stereocenters. The minimum atomic E-state index is -3.15. The summed E-state index contributed by atoms with van der Waals surface area (Å²) in [6.45, 7) is 6.37. The van der Waals surface area contributed by atoms with Crippen LogP contribution in [0.5, 0.6) is 0 Å². The number of piperidine rings is 1. The molecule has 2 heterocycles. The van der Waals surface area contributed by atoms with E-state index in [-0.39, 0.29) is 23.7 Å².